The predicted molar refractivity (Wildman–Crippen MR) is 94.5 cm³/mol. The fourth-order valence-electron chi connectivity index (χ4n) is 2.95. The molecule has 3 rings (SSSR count). The van der Waals surface area contributed by atoms with Gasteiger partial charge in [0.05, 0.1) is 31.0 Å². The molecule has 2 bridgehead atoms. The Kier molecular flexibility index (Phi) is 4.98. The van der Waals surface area contributed by atoms with Gasteiger partial charge in [-0.2, -0.15) is 5.06 Å². The first-order chi connectivity index (χ1) is 13.0. The molecule has 1 saturated heterocycles. The highest BCUT2D eigenvalue weighted by Crippen LogP contribution is 2.24. The molecule has 0 aliphatic carbocycles. The third-order valence-corrected chi connectivity index (χ3v) is 4.11. The minimum absolute atomic E-state index is 0.0245. The average Bonchev–Trinajstić information content (AvgIpc) is 3.12. The highest BCUT2D eigenvalue weighted by molar-refractivity contribution is 5.81. The minimum atomic E-state index is -0.728. The summed E-state index contributed by atoms with van der Waals surface area (Å²) in [6, 6.07) is -0.911. The SMILES string of the molecule is CC(C)(C)OC(=O)N(CC(N)=O)Cc1cn(C2=CC3CN(C2)C(=O)N3O)nn1. The van der Waals surface area contributed by atoms with E-state index in [9.17, 15) is 19.6 Å². The maximum Gasteiger partial charge on any atom is 0.411 e. The zero-order valence-electron chi connectivity index (χ0n) is 15.9. The molecular weight excluding hydrogens is 370 g/mol. The number of hydrogen-bond acceptors (Lipinski definition) is 7. The smallest absolute Gasteiger partial charge is 0.411 e. The molecule has 12 heteroatoms. The van der Waals surface area contributed by atoms with Crippen LogP contribution >= 0.6 is 0 Å². The van der Waals surface area contributed by atoms with Crippen molar-refractivity contribution in [1.29, 1.82) is 0 Å². The van der Waals surface area contributed by atoms with Crippen LogP contribution in [0.3, 0.4) is 0 Å². The lowest BCUT2D eigenvalue weighted by molar-refractivity contribution is -0.119. The summed E-state index contributed by atoms with van der Waals surface area (Å²) in [6.07, 6.45) is 2.63. The summed E-state index contributed by atoms with van der Waals surface area (Å²) in [4.78, 5) is 38.1. The molecule has 12 nitrogen and oxygen atoms in total. The molecule has 3 N–H and O–H groups in total. The molecular formula is C16H23N7O5. The van der Waals surface area contributed by atoms with Crippen molar-refractivity contribution in [2.45, 2.75) is 39.0 Å². The number of urea groups is 1. The van der Waals surface area contributed by atoms with E-state index in [0.29, 0.717) is 23.0 Å². The molecule has 4 amide bonds. The van der Waals surface area contributed by atoms with Gasteiger partial charge in [0.2, 0.25) is 5.91 Å². The zero-order valence-corrected chi connectivity index (χ0v) is 15.9. The topological polar surface area (TPSA) is 147 Å². The standard InChI is InChI=1S/C16H23N7O5/c1-16(2,3)28-15(26)21(9-13(17)24)5-10-6-22(19-18-10)11-4-12-8-20(7-11)14(25)23(12)27/h4,6,12,27H,5,7-9H2,1-3H3,(H2,17,24). The van der Waals surface area contributed by atoms with E-state index >= 15 is 0 Å². The number of amides is 4. The number of ether oxygens (including phenoxy) is 1. The van der Waals surface area contributed by atoms with Crippen LogP contribution in [-0.4, -0.2) is 84.4 Å². The van der Waals surface area contributed by atoms with Gasteiger partial charge >= 0.3 is 12.1 Å². The van der Waals surface area contributed by atoms with E-state index in [4.69, 9.17) is 10.5 Å². The number of rotatable bonds is 5. The maximum atomic E-state index is 12.3. The Hall–Kier alpha value is -3.15. The molecule has 0 aromatic carbocycles. The van der Waals surface area contributed by atoms with Crippen molar-refractivity contribution in [1.82, 2.24) is 29.9 Å². The number of nitrogens with zero attached hydrogens (tertiary/aromatic N) is 6. The van der Waals surface area contributed by atoms with Crippen LogP contribution in [0, 0.1) is 0 Å². The lowest BCUT2D eigenvalue weighted by Gasteiger charge is -2.26. The summed E-state index contributed by atoms with van der Waals surface area (Å²) in [5.74, 6) is -0.681. The van der Waals surface area contributed by atoms with Gasteiger partial charge in [-0.3, -0.25) is 14.9 Å². The third-order valence-electron chi connectivity index (χ3n) is 4.11. The van der Waals surface area contributed by atoms with Crippen molar-refractivity contribution in [3.63, 3.8) is 0 Å². The summed E-state index contributed by atoms with van der Waals surface area (Å²) in [7, 11) is 0. The van der Waals surface area contributed by atoms with Crippen LogP contribution < -0.4 is 5.73 Å². The highest BCUT2D eigenvalue weighted by Gasteiger charge is 2.39. The number of hydroxylamine groups is 2. The van der Waals surface area contributed by atoms with E-state index < -0.39 is 29.7 Å². The second kappa shape index (κ2) is 7.11. The number of fused-ring (bicyclic) bond motifs is 2. The van der Waals surface area contributed by atoms with Crippen LogP contribution in [0.15, 0.2) is 12.3 Å². The predicted octanol–water partition coefficient (Wildman–Crippen LogP) is -0.150. The van der Waals surface area contributed by atoms with Gasteiger partial charge in [-0.15, -0.1) is 5.10 Å². The fraction of sp³-hybridized carbons (Fsp3) is 0.562. The lowest BCUT2D eigenvalue weighted by Crippen LogP contribution is -2.41. The number of nitrogens with two attached hydrogens (primary N) is 1. The van der Waals surface area contributed by atoms with Gasteiger partial charge in [-0.1, -0.05) is 5.21 Å². The molecule has 2 aliphatic rings. The molecule has 0 radical (unpaired) electrons. The first-order valence-electron chi connectivity index (χ1n) is 8.69. The number of hydrogen-bond donors (Lipinski definition) is 2. The normalized spacial score (nSPS) is 18.9. The van der Waals surface area contributed by atoms with Gasteiger partial charge < -0.3 is 15.4 Å². The minimum Gasteiger partial charge on any atom is -0.444 e. The Morgan fingerprint density at radius 1 is 1.43 bits per heavy atom. The summed E-state index contributed by atoms with van der Waals surface area (Å²) in [5.41, 5.74) is 5.58. The maximum absolute atomic E-state index is 12.3. The second-order valence-electron chi connectivity index (χ2n) is 7.69. The first-order valence-corrected chi connectivity index (χ1v) is 8.69. The number of primary amides is 1. The number of carbonyl (C=O) groups excluding carboxylic acids is 3. The second-order valence-corrected chi connectivity index (χ2v) is 7.69. The van der Waals surface area contributed by atoms with Gasteiger partial charge in [0.25, 0.3) is 0 Å². The van der Waals surface area contributed by atoms with E-state index in [2.05, 4.69) is 10.3 Å². The van der Waals surface area contributed by atoms with Crippen LogP contribution in [0.25, 0.3) is 5.70 Å². The third kappa shape index (κ3) is 4.22. The van der Waals surface area contributed by atoms with E-state index in [-0.39, 0.29) is 19.6 Å². The van der Waals surface area contributed by atoms with Gasteiger partial charge in [0.15, 0.2) is 0 Å². The quantitative estimate of drug-likeness (QED) is 0.661. The zero-order chi connectivity index (χ0) is 20.6. The van der Waals surface area contributed by atoms with Gasteiger partial charge in [-0.05, 0) is 26.8 Å². The Balaban J connectivity index is 1.73. The Labute approximate surface area is 161 Å². The van der Waals surface area contributed by atoms with Gasteiger partial charge in [-0.25, -0.2) is 14.3 Å². The summed E-state index contributed by atoms with van der Waals surface area (Å²) in [5, 5.41) is 18.5. The van der Waals surface area contributed by atoms with E-state index in [1.54, 1.807) is 33.0 Å². The molecule has 2 aliphatic heterocycles. The average molecular weight is 393 g/mol. The molecule has 1 unspecified atom stereocenters. The van der Waals surface area contributed by atoms with Crippen molar-refractivity contribution in [3.05, 3.63) is 18.0 Å². The largest absolute Gasteiger partial charge is 0.444 e. The monoisotopic (exact) mass is 393 g/mol. The fourth-order valence-corrected chi connectivity index (χ4v) is 2.95. The van der Waals surface area contributed by atoms with Gasteiger partial charge in [0.1, 0.15) is 17.8 Å². The van der Waals surface area contributed by atoms with E-state index in [1.807, 2.05) is 0 Å². The Morgan fingerprint density at radius 3 is 2.75 bits per heavy atom. The van der Waals surface area contributed by atoms with Crippen LogP contribution in [0.4, 0.5) is 9.59 Å². The van der Waals surface area contributed by atoms with Crippen LogP contribution in [0.1, 0.15) is 26.5 Å². The lowest BCUT2D eigenvalue weighted by atomic mass is 10.2. The molecule has 1 aromatic heterocycles. The molecule has 3 heterocycles. The Morgan fingerprint density at radius 2 is 2.14 bits per heavy atom. The van der Waals surface area contributed by atoms with Crippen molar-refractivity contribution >= 4 is 23.7 Å². The molecule has 152 valence electrons. The van der Waals surface area contributed by atoms with E-state index in [1.165, 1.54) is 9.58 Å². The summed E-state index contributed by atoms with van der Waals surface area (Å²) >= 11 is 0. The van der Waals surface area contributed by atoms with E-state index in [0.717, 1.165) is 4.90 Å². The van der Waals surface area contributed by atoms with Crippen molar-refractivity contribution in [2.75, 3.05) is 19.6 Å². The number of carbonyl (C=O) groups is 3. The Bertz CT molecular complexity index is 828. The van der Waals surface area contributed by atoms with Crippen LogP contribution in [0.5, 0.6) is 0 Å². The van der Waals surface area contributed by atoms with Crippen molar-refractivity contribution < 1.29 is 24.3 Å². The molecule has 1 fully saturated rings. The van der Waals surface area contributed by atoms with Crippen molar-refractivity contribution in [3.8, 4) is 0 Å². The molecule has 28 heavy (non-hydrogen) atoms. The molecule has 0 spiro atoms. The molecule has 1 aromatic rings. The van der Waals surface area contributed by atoms with Crippen molar-refractivity contribution in [2.24, 2.45) is 5.73 Å². The van der Waals surface area contributed by atoms with Crippen LogP contribution in [0.2, 0.25) is 0 Å². The summed E-state index contributed by atoms with van der Waals surface area (Å²) in [6.45, 7) is 5.48. The molecule has 1 atom stereocenters. The van der Waals surface area contributed by atoms with Gasteiger partial charge in [0, 0.05) is 6.54 Å². The highest BCUT2D eigenvalue weighted by atomic mass is 16.6. The van der Waals surface area contributed by atoms with Crippen LogP contribution in [-0.2, 0) is 16.1 Å². The summed E-state index contributed by atoms with van der Waals surface area (Å²) < 4.78 is 6.76. The first kappa shape index (κ1) is 19.6. The number of aromatic nitrogens is 3. The molecule has 0 saturated carbocycles.